The number of hydrogen-bond acceptors (Lipinski definition) is 5. The van der Waals surface area contributed by atoms with Crippen LogP contribution in [0.5, 0.6) is 5.75 Å². The summed E-state index contributed by atoms with van der Waals surface area (Å²) in [6.45, 7) is 3.86. The minimum atomic E-state index is -0.386. The Labute approximate surface area is 157 Å². The van der Waals surface area contributed by atoms with Gasteiger partial charge in [0.15, 0.2) is 11.7 Å². The maximum absolute atomic E-state index is 11.9. The predicted octanol–water partition coefficient (Wildman–Crippen LogP) is 3.06. The van der Waals surface area contributed by atoms with Crippen molar-refractivity contribution in [3.05, 3.63) is 59.7 Å². The molecule has 0 unspecified atom stereocenters. The Morgan fingerprint density at radius 2 is 1.85 bits per heavy atom. The van der Waals surface area contributed by atoms with Crippen LogP contribution in [0.2, 0.25) is 0 Å². The Bertz CT molecular complexity index is 790. The molecule has 26 heavy (non-hydrogen) atoms. The van der Waals surface area contributed by atoms with Crippen LogP contribution >= 0.6 is 12.2 Å². The first-order chi connectivity index (χ1) is 12.5. The maximum atomic E-state index is 11.9. The van der Waals surface area contributed by atoms with Crippen LogP contribution in [-0.2, 0) is 9.53 Å². The van der Waals surface area contributed by atoms with E-state index in [0.717, 1.165) is 5.56 Å². The summed E-state index contributed by atoms with van der Waals surface area (Å²) in [5.41, 5.74) is 2.13. The quantitative estimate of drug-likeness (QED) is 0.600. The highest BCUT2D eigenvalue weighted by Gasteiger charge is 2.08. The zero-order chi connectivity index (χ0) is 18.9. The van der Waals surface area contributed by atoms with E-state index in [-0.39, 0.29) is 23.6 Å². The molecule has 7 heteroatoms. The Morgan fingerprint density at radius 3 is 2.50 bits per heavy atom. The van der Waals surface area contributed by atoms with Crippen molar-refractivity contribution < 1.29 is 19.1 Å². The Kier molecular flexibility index (Phi) is 7.11. The molecular formula is C19H20N2O4S. The second kappa shape index (κ2) is 9.53. The van der Waals surface area contributed by atoms with Gasteiger partial charge < -0.3 is 14.8 Å². The molecule has 0 aliphatic heterocycles. The van der Waals surface area contributed by atoms with E-state index in [9.17, 15) is 9.59 Å². The molecule has 2 aromatic rings. The summed E-state index contributed by atoms with van der Waals surface area (Å²) < 4.78 is 10.3. The molecule has 0 aliphatic rings. The number of hydrogen-bond donors (Lipinski definition) is 2. The minimum absolute atomic E-state index is 0.145. The highest BCUT2D eigenvalue weighted by molar-refractivity contribution is 7.80. The van der Waals surface area contributed by atoms with E-state index in [1.807, 2.05) is 25.1 Å². The van der Waals surface area contributed by atoms with Gasteiger partial charge in [-0.15, -0.1) is 0 Å². The summed E-state index contributed by atoms with van der Waals surface area (Å²) in [6, 6.07) is 14.0. The van der Waals surface area contributed by atoms with Crippen LogP contribution < -0.4 is 15.4 Å². The molecule has 0 radical (unpaired) electrons. The highest BCUT2D eigenvalue weighted by atomic mass is 32.1. The number of amides is 1. The third kappa shape index (κ3) is 6.18. The van der Waals surface area contributed by atoms with Crippen LogP contribution in [0.4, 0.5) is 5.69 Å². The molecule has 0 saturated carbocycles. The van der Waals surface area contributed by atoms with Crippen molar-refractivity contribution in [1.82, 2.24) is 5.32 Å². The number of nitrogens with one attached hydrogen (secondary N) is 2. The standard InChI is InChI=1S/C19H20N2O4S/c1-3-24-18(23)14-7-9-15(10-8-14)20-19(26)21-17(22)12-25-16-6-4-5-13(2)11-16/h4-11H,3,12H2,1-2H3,(H2,20,21,22,26). The SMILES string of the molecule is CCOC(=O)c1ccc(NC(=S)NC(=O)COc2cccc(C)c2)cc1. The number of thiocarbonyl (C=S) groups is 1. The molecule has 0 bridgehead atoms. The van der Waals surface area contributed by atoms with Crippen LogP contribution in [0.1, 0.15) is 22.8 Å². The molecule has 136 valence electrons. The number of anilines is 1. The number of benzene rings is 2. The molecule has 0 saturated heterocycles. The van der Waals surface area contributed by atoms with Crippen molar-refractivity contribution in [3.8, 4) is 5.75 Å². The second-order valence-corrected chi connectivity index (χ2v) is 5.81. The van der Waals surface area contributed by atoms with Crippen molar-refractivity contribution >= 4 is 34.9 Å². The summed E-state index contributed by atoms with van der Waals surface area (Å²) in [4.78, 5) is 23.5. The van der Waals surface area contributed by atoms with E-state index in [0.29, 0.717) is 23.6 Å². The monoisotopic (exact) mass is 372 g/mol. The fraction of sp³-hybridized carbons (Fsp3) is 0.211. The Morgan fingerprint density at radius 1 is 1.12 bits per heavy atom. The number of ether oxygens (including phenoxy) is 2. The summed E-state index contributed by atoms with van der Waals surface area (Å²) in [6.07, 6.45) is 0. The molecule has 6 nitrogen and oxygen atoms in total. The Balaban J connectivity index is 1.80. The summed E-state index contributed by atoms with van der Waals surface area (Å²) in [5.74, 6) is -0.135. The van der Waals surface area contributed by atoms with E-state index in [2.05, 4.69) is 10.6 Å². The molecule has 1 amide bonds. The second-order valence-electron chi connectivity index (χ2n) is 5.41. The number of esters is 1. The molecular weight excluding hydrogens is 352 g/mol. The molecule has 0 heterocycles. The van der Waals surface area contributed by atoms with Crippen molar-refractivity contribution in [2.75, 3.05) is 18.5 Å². The van der Waals surface area contributed by atoms with Crippen LogP contribution in [0.15, 0.2) is 48.5 Å². The van der Waals surface area contributed by atoms with E-state index in [1.54, 1.807) is 37.3 Å². The lowest BCUT2D eigenvalue weighted by Gasteiger charge is -2.11. The first kappa shape index (κ1) is 19.4. The van der Waals surface area contributed by atoms with Gasteiger partial charge >= 0.3 is 5.97 Å². The first-order valence-corrected chi connectivity index (χ1v) is 8.46. The van der Waals surface area contributed by atoms with Crippen molar-refractivity contribution in [3.63, 3.8) is 0 Å². The summed E-state index contributed by atoms with van der Waals surface area (Å²) in [7, 11) is 0. The van der Waals surface area contributed by atoms with E-state index in [1.165, 1.54) is 0 Å². The summed E-state index contributed by atoms with van der Waals surface area (Å²) in [5, 5.41) is 5.55. The highest BCUT2D eigenvalue weighted by Crippen LogP contribution is 2.12. The van der Waals surface area contributed by atoms with E-state index >= 15 is 0 Å². The average Bonchev–Trinajstić information content (AvgIpc) is 2.61. The van der Waals surface area contributed by atoms with Gasteiger partial charge in [0.1, 0.15) is 5.75 Å². The first-order valence-electron chi connectivity index (χ1n) is 8.05. The van der Waals surface area contributed by atoms with Gasteiger partial charge in [-0.25, -0.2) is 4.79 Å². The topological polar surface area (TPSA) is 76.7 Å². The molecule has 0 aromatic heterocycles. The van der Waals surface area contributed by atoms with E-state index < -0.39 is 0 Å². The Hall–Kier alpha value is -2.93. The fourth-order valence-corrected chi connectivity index (χ4v) is 2.31. The molecule has 0 fully saturated rings. The minimum Gasteiger partial charge on any atom is -0.484 e. The van der Waals surface area contributed by atoms with Crippen molar-refractivity contribution in [2.45, 2.75) is 13.8 Å². The predicted molar refractivity (Wildman–Crippen MR) is 103 cm³/mol. The van der Waals surface area contributed by atoms with Crippen LogP contribution in [0, 0.1) is 6.92 Å². The van der Waals surface area contributed by atoms with E-state index in [4.69, 9.17) is 21.7 Å². The number of carbonyl (C=O) groups excluding carboxylic acids is 2. The van der Waals surface area contributed by atoms with Gasteiger partial charge in [-0.2, -0.15) is 0 Å². The van der Waals surface area contributed by atoms with Gasteiger partial charge in [0, 0.05) is 5.69 Å². The normalized spacial score (nSPS) is 9.92. The average molecular weight is 372 g/mol. The lowest BCUT2D eigenvalue weighted by atomic mass is 10.2. The molecule has 0 spiro atoms. The molecule has 2 rings (SSSR count). The smallest absolute Gasteiger partial charge is 0.338 e. The summed E-state index contributed by atoms with van der Waals surface area (Å²) >= 11 is 5.10. The van der Waals surface area contributed by atoms with Crippen molar-refractivity contribution in [1.29, 1.82) is 0 Å². The fourth-order valence-electron chi connectivity index (χ4n) is 2.08. The number of carbonyl (C=O) groups is 2. The zero-order valence-corrected chi connectivity index (χ0v) is 15.4. The van der Waals surface area contributed by atoms with Gasteiger partial charge in [-0.3, -0.25) is 10.1 Å². The molecule has 0 atom stereocenters. The third-order valence-electron chi connectivity index (χ3n) is 3.27. The maximum Gasteiger partial charge on any atom is 0.338 e. The van der Waals surface area contributed by atoms with Crippen LogP contribution in [0.25, 0.3) is 0 Å². The van der Waals surface area contributed by atoms with Gasteiger partial charge in [0.2, 0.25) is 0 Å². The van der Waals surface area contributed by atoms with Gasteiger partial charge in [0.25, 0.3) is 5.91 Å². The van der Waals surface area contributed by atoms with Crippen molar-refractivity contribution in [2.24, 2.45) is 0 Å². The van der Waals surface area contributed by atoms with Crippen LogP contribution in [0.3, 0.4) is 0 Å². The van der Waals surface area contributed by atoms with Gasteiger partial charge in [-0.1, -0.05) is 12.1 Å². The van der Waals surface area contributed by atoms with Gasteiger partial charge in [-0.05, 0) is 68.0 Å². The number of aryl methyl sites for hydroxylation is 1. The van der Waals surface area contributed by atoms with Gasteiger partial charge in [0.05, 0.1) is 12.2 Å². The lowest BCUT2D eigenvalue weighted by molar-refractivity contribution is -0.121. The van der Waals surface area contributed by atoms with Crippen LogP contribution in [-0.4, -0.2) is 30.2 Å². The molecule has 0 aliphatic carbocycles. The largest absolute Gasteiger partial charge is 0.484 e. The molecule has 2 N–H and O–H groups in total. The number of rotatable bonds is 6. The zero-order valence-electron chi connectivity index (χ0n) is 14.6. The lowest BCUT2D eigenvalue weighted by Crippen LogP contribution is -2.37. The molecule has 2 aromatic carbocycles. The third-order valence-corrected chi connectivity index (χ3v) is 3.47.